The summed E-state index contributed by atoms with van der Waals surface area (Å²) in [7, 11) is 0. The van der Waals surface area contributed by atoms with Crippen LogP contribution in [-0.4, -0.2) is 33.9 Å². The Kier molecular flexibility index (Phi) is 5.16. The lowest BCUT2D eigenvalue weighted by molar-refractivity contribution is 0.0705. The zero-order valence-electron chi connectivity index (χ0n) is 14.9. The van der Waals surface area contributed by atoms with Crippen molar-refractivity contribution in [1.82, 2.24) is 14.9 Å². The van der Waals surface area contributed by atoms with Crippen LogP contribution in [-0.2, 0) is 0 Å². The Morgan fingerprint density at radius 1 is 1.11 bits per heavy atom. The van der Waals surface area contributed by atoms with Gasteiger partial charge < -0.3 is 4.90 Å². The van der Waals surface area contributed by atoms with E-state index in [0.29, 0.717) is 17.1 Å². The van der Waals surface area contributed by atoms with Crippen LogP contribution in [0.25, 0.3) is 11.3 Å². The van der Waals surface area contributed by atoms with E-state index < -0.39 is 0 Å². The van der Waals surface area contributed by atoms with Gasteiger partial charge in [-0.1, -0.05) is 29.8 Å². The Morgan fingerprint density at radius 3 is 2.81 bits per heavy atom. The summed E-state index contributed by atoms with van der Waals surface area (Å²) < 4.78 is 0. The quantitative estimate of drug-likeness (QED) is 0.657. The molecule has 136 valence electrons. The predicted octanol–water partition coefficient (Wildman–Crippen LogP) is 4.82. The third-order valence-electron chi connectivity index (χ3n) is 4.93. The molecule has 0 radical (unpaired) electrons. The topological polar surface area (TPSA) is 46.1 Å². The van der Waals surface area contributed by atoms with Gasteiger partial charge in [0.2, 0.25) is 0 Å². The van der Waals surface area contributed by atoms with Crippen molar-refractivity contribution in [1.29, 1.82) is 0 Å². The van der Waals surface area contributed by atoms with Gasteiger partial charge in [0, 0.05) is 47.7 Å². The molecule has 1 aliphatic rings. The maximum Gasteiger partial charge on any atom is 0.255 e. The van der Waals surface area contributed by atoms with Crippen LogP contribution in [0.4, 0.5) is 0 Å². The molecule has 1 unspecified atom stereocenters. The summed E-state index contributed by atoms with van der Waals surface area (Å²) in [5.41, 5.74) is 3.57. The fourth-order valence-corrected chi connectivity index (χ4v) is 3.75. The van der Waals surface area contributed by atoms with Gasteiger partial charge in [0.1, 0.15) is 0 Å². The van der Waals surface area contributed by atoms with E-state index in [0.717, 1.165) is 36.3 Å². The van der Waals surface area contributed by atoms with E-state index in [4.69, 9.17) is 16.6 Å². The fraction of sp³-hybridized carbons (Fsp3) is 0.227. The number of carbonyl (C=O) groups is 1. The summed E-state index contributed by atoms with van der Waals surface area (Å²) in [5.74, 6) is 0.275. The van der Waals surface area contributed by atoms with Crippen LogP contribution < -0.4 is 0 Å². The molecule has 0 saturated carbocycles. The molecule has 3 heterocycles. The molecule has 1 fully saturated rings. The van der Waals surface area contributed by atoms with Gasteiger partial charge in [-0.3, -0.25) is 14.8 Å². The van der Waals surface area contributed by atoms with Crippen molar-refractivity contribution in [2.75, 3.05) is 13.1 Å². The van der Waals surface area contributed by atoms with Crippen molar-refractivity contribution in [3.8, 4) is 11.3 Å². The Bertz CT molecular complexity index is 945. The number of halogens is 1. The van der Waals surface area contributed by atoms with Gasteiger partial charge in [-0.2, -0.15) is 0 Å². The summed E-state index contributed by atoms with van der Waals surface area (Å²) >= 11 is 6.12. The average Bonchev–Trinajstić information content (AvgIpc) is 2.74. The van der Waals surface area contributed by atoms with E-state index in [9.17, 15) is 4.79 Å². The minimum absolute atomic E-state index is 0.0406. The molecule has 1 aliphatic heterocycles. The van der Waals surface area contributed by atoms with E-state index in [1.165, 1.54) is 0 Å². The lowest BCUT2D eigenvalue weighted by Crippen LogP contribution is -2.39. The molecular weight excluding hydrogens is 358 g/mol. The SMILES string of the molecule is O=C(c1cccnc1)N1CCCC(c2cccc(-c3cccc(Cl)c3)n2)C1. The molecule has 27 heavy (non-hydrogen) atoms. The summed E-state index contributed by atoms with van der Waals surface area (Å²) in [5, 5.41) is 0.700. The van der Waals surface area contributed by atoms with Crippen LogP contribution in [0.1, 0.15) is 34.8 Å². The molecule has 0 spiro atoms. The second-order valence-corrected chi connectivity index (χ2v) is 7.23. The third-order valence-corrected chi connectivity index (χ3v) is 5.16. The summed E-state index contributed by atoms with van der Waals surface area (Å²) in [6.07, 6.45) is 5.31. The molecule has 0 aliphatic carbocycles. The molecule has 5 heteroatoms. The molecule has 1 saturated heterocycles. The van der Waals surface area contributed by atoms with Crippen molar-refractivity contribution in [3.63, 3.8) is 0 Å². The molecule has 1 atom stereocenters. The van der Waals surface area contributed by atoms with E-state index in [2.05, 4.69) is 11.1 Å². The lowest BCUT2D eigenvalue weighted by atomic mass is 9.93. The highest BCUT2D eigenvalue weighted by Gasteiger charge is 2.26. The molecule has 1 amide bonds. The number of hydrogen-bond acceptors (Lipinski definition) is 3. The fourth-order valence-electron chi connectivity index (χ4n) is 3.56. The average molecular weight is 378 g/mol. The van der Waals surface area contributed by atoms with Gasteiger partial charge in [-0.05, 0) is 49.2 Å². The number of rotatable bonds is 3. The Labute approximate surface area is 163 Å². The maximum absolute atomic E-state index is 12.8. The van der Waals surface area contributed by atoms with Crippen LogP contribution in [0.15, 0.2) is 67.0 Å². The number of hydrogen-bond donors (Lipinski definition) is 0. The summed E-state index contributed by atoms with van der Waals surface area (Å²) in [4.78, 5) is 23.6. The smallest absolute Gasteiger partial charge is 0.255 e. The highest BCUT2D eigenvalue weighted by Crippen LogP contribution is 2.29. The number of piperidine rings is 1. The minimum Gasteiger partial charge on any atom is -0.338 e. The molecule has 3 aromatic rings. The van der Waals surface area contributed by atoms with Gasteiger partial charge >= 0.3 is 0 Å². The van der Waals surface area contributed by atoms with Crippen LogP contribution in [0.5, 0.6) is 0 Å². The van der Waals surface area contributed by atoms with Gasteiger partial charge in [-0.15, -0.1) is 0 Å². The standard InChI is InChI=1S/C22H20ClN3O/c23-19-8-1-5-16(13-19)20-9-2-10-21(25-20)18-7-4-12-26(15-18)22(27)17-6-3-11-24-14-17/h1-3,5-6,8-11,13-14,18H,4,7,12,15H2. The van der Waals surface area contributed by atoms with Crippen LogP contribution in [0.2, 0.25) is 5.02 Å². The molecule has 0 N–H and O–H groups in total. The number of amides is 1. The minimum atomic E-state index is 0.0406. The summed E-state index contributed by atoms with van der Waals surface area (Å²) in [6.45, 7) is 1.46. The number of nitrogens with zero attached hydrogens (tertiary/aromatic N) is 3. The first-order valence-corrected chi connectivity index (χ1v) is 9.51. The van der Waals surface area contributed by atoms with Crippen LogP contribution >= 0.6 is 11.6 Å². The lowest BCUT2D eigenvalue weighted by Gasteiger charge is -2.32. The molecular formula is C22H20ClN3O. The van der Waals surface area contributed by atoms with Gasteiger partial charge in [0.25, 0.3) is 5.91 Å². The molecule has 0 bridgehead atoms. The van der Waals surface area contributed by atoms with E-state index in [-0.39, 0.29) is 11.8 Å². The van der Waals surface area contributed by atoms with Crippen molar-refractivity contribution in [3.05, 3.63) is 83.3 Å². The molecule has 4 nitrogen and oxygen atoms in total. The van der Waals surface area contributed by atoms with E-state index >= 15 is 0 Å². The summed E-state index contributed by atoms with van der Waals surface area (Å²) in [6, 6.07) is 17.4. The third kappa shape index (κ3) is 4.01. The first kappa shape index (κ1) is 17.7. The number of aromatic nitrogens is 2. The van der Waals surface area contributed by atoms with Crippen LogP contribution in [0, 0.1) is 0 Å². The van der Waals surface area contributed by atoms with Gasteiger partial charge in [-0.25, -0.2) is 0 Å². The number of benzene rings is 1. The second kappa shape index (κ2) is 7.89. The first-order valence-electron chi connectivity index (χ1n) is 9.13. The maximum atomic E-state index is 12.8. The van der Waals surface area contributed by atoms with Gasteiger partial charge in [0.05, 0.1) is 11.3 Å². The highest BCUT2D eigenvalue weighted by molar-refractivity contribution is 6.30. The normalized spacial score (nSPS) is 16.9. The van der Waals surface area contributed by atoms with Crippen molar-refractivity contribution < 1.29 is 4.79 Å². The highest BCUT2D eigenvalue weighted by atomic mass is 35.5. The Morgan fingerprint density at radius 2 is 2.00 bits per heavy atom. The van der Waals surface area contributed by atoms with Crippen molar-refractivity contribution in [2.24, 2.45) is 0 Å². The van der Waals surface area contributed by atoms with E-state index in [1.807, 2.05) is 47.4 Å². The predicted molar refractivity (Wildman–Crippen MR) is 107 cm³/mol. The molecule has 2 aromatic heterocycles. The number of pyridine rings is 2. The van der Waals surface area contributed by atoms with Gasteiger partial charge in [0.15, 0.2) is 0 Å². The second-order valence-electron chi connectivity index (χ2n) is 6.79. The van der Waals surface area contributed by atoms with Crippen LogP contribution in [0.3, 0.4) is 0 Å². The number of carbonyl (C=O) groups excluding carboxylic acids is 1. The Hall–Kier alpha value is -2.72. The Balaban J connectivity index is 1.55. The molecule has 1 aromatic carbocycles. The number of likely N-dealkylation sites (tertiary alicyclic amines) is 1. The first-order chi connectivity index (χ1) is 13.2. The molecule has 4 rings (SSSR count). The zero-order valence-corrected chi connectivity index (χ0v) is 15.6. The zero-order chi connectivity index (χ0) is 18.6. The van der Waals surface area contributed by atoms with Crippen molar-refractivity contribution >= 4 is 17.5 Å². The van der Waals surface area contributed by atoms with E-state index in [1.54, 1.807) is 18.5 Å². The van der Waals surface area contributed by atoms with Crippen molar-refractivity contribution in [2.45, 2.75) is 18.8 Å². The monoisotopic (exact) mass is 377 g/mol. The largest absolute Gasteiger partial charge is 0.338 e.